The summed E-state index contributed by atoms with van der Waals surface area (Å²) in [5.74, 6) is -0.370. The predicted molar refractivity (Wildman–Crippen MR) is 81.2 cm³/mol. The van der Waals surface area contributed by atoms with Crippen LogP contribution in [0.25, 0.3) is 0 Å². The van der Waals surface area contributed by atoms with Crippen LogP contribution in [0, 0.1) is 10.1 Å². The number of carbonyl (C=O) groups excluding carboxylic acids is 1. The molecule has 0 saturated heterocycles. The number of nitrogens with one attached hydrogen (secondary N) is 2. The van der Waals surface area contributed by atoms with Gasteiger partial charge in [-0.05, 0) is 24.3 Å². The van der Waals surface area contributed by atoms with Crippen LogP contribution in [0.1, 0.15) is 6.92 Å². The Labute approximate surface area is 126 Å². The highest BCUT2D eigenvalue weighted by Crippen LogP contribution is 2.35. The van der Waals surface area contributed by atoms with Gasteiger partial charge in [-0.15, -0.1) is 5.11 Å². The van der Waals surface area contributed by atoms with Crippen molar-refractivity contribution in [1.82, 2.24) is 5.43 Å². The van der Waals surface area contributed by atoms with Crippen molar-refractivity contribution in [2.75, 3.05) is 5.43 Å². The van der Waals surface area contributed by atoms with E-state index in [1.54, 1.807) is 30.3 Å². The predicted octanol–water partition coefficient (Wildman–Crippen LogP) is 3.47. The van der Waals surface area contributed by atoms with Gasteiger partial charge in [0.05, 0.1) is 10.6 Å². The molecule has 22 heavy (non-hydrogen) atoms. The van der Waals surface area contributed by atoms with Crippen molar-refractivity contribution in [3.63, 3.8) is 0 Å². The molecule has 2 N–H and O–H groups in total. The molecule has 0 aliphatic rings. The van der Waals surface area contributed by atoms with E-state index in [9.17, 15) is 14.9 Å². The van der Waals surface area contributed by atoms with E-state index < -0.39 is 4.92 Å². The highest BCUT2D eigenvalue weighted by atomic mass is 16.6. The van der Waals surface area contributed by atoms with Gasteiger partial charge in [0.1, 0.15) is 5.69 Å². The maximum Gasteiger partial charge on any atom is 0.321 e. The third-order valence-electron chi connectivity index (χ3n) is 2.60. The zero-order chi connectivity index (χ0) is 15.9. The largest absolute Gasteiger partial charge is 0.321 e. The lowest BCUT2D eigenvalue weighted by atomic mass is 10.2. The maximum absolute atomic E-state index is 11.2. The first-order valence-electron chi connectivity index (χ1n) is 6.34. The van der Waals surface area contributed by atoms with Gasteiger partial charge in [-0.25, -0.2) is 0 Å². The molecule has 1 amide bonds. The molecular formula is C14H13N5O3. The van der Waals surface area contributed by atoms with Gasteiger partial charge in [0.2, 0.25) is 5.91 Å². The second-order valence-corrected chi connectivity index (χ2v) is 4.27. The quantitative estimate of drug-likeness (QED) is 0.500. The molecule has 8 heteroatoms. The molecule has 0 fully saturated rings. The fraction of sp³-hybridized carbons (Fsp3) is 0.0714. The van der Waals surface area contributed by atoms with E-state index in [2.05, 4.69) is 21.1 Å². The highest BCUT2D eigenvalue weighted by molar-refractivity contribution is 5.78. The number of benzene rings is 2. The van der Waals surface area contributed by atoms with Crippen LogP contribution in [0.4, 0.5) is 22.7 Å². The molecule has 2 rings (SSSR count). The number of azo groups is 1. The summed E-state index contributed by atoms with van der Waals surface area (Å²) in [4.78, 5) is 21.6. The minimum atomic E-state index is -0.580. The SMILES string of the molecule is CC(=O)NNc1cccc(N=Nc2ccccc2)c1[N+](=O)[O-]. The average Bonchev–Trinajstić information content (AvgIpc) is 2.51. The Kier molecular flexibility index (Phi) is 4.76. The molecule has 0 atom stereocenters. The molecule has 0 aromatic heterocycles. The van der Waals surface area contributed by atoms with E-state index in [1.165, 1.54) is 19.1 Å². The highest BCUT2D eigenvalue weighted by Gasteiger charge is 2.19. The lowest BCUT2D eigenvalue weighted by molar-refractivity contribution is -0.383. The van der Waals surface area contributed by atoms with Crippen LogP contribution >= 0.6 is 0 Å². The lowest BCUT2D eigenvalue weighted by Gasteiger charge is -2.07. The molecule has 8 nitrogen and oxygen atoms in total. The van der Waals surface area contributed by atoms with Gasteiger partial charge in [-0.3, -0.25) is 25.8 Å². The third-order valence-corrected chi connectivity index (χ3v) is 2.60. The first kappa shape index (κ1) is 15.1. The molecule has 0 heterocycles. The van der Waals surface area contributed by atoms with E-state index in [4.69, 9.17) is 0 Å². The minimum Gasteiger partial charge on any atom is -0.292 e. The summed E-state index contributed by atoms with van der Waals surface area (Å²) in [5, 5.41) is 19.1. The topological polar surface area (TPSA) is 109 Å². The zero-order valence-corrected chi connectivity index (χ0v) is 11.7. The van der Waals surface area contributed by atoms with Crippen molar-refractivity contribution in [2.24, 2.45) is 10.2 Å². The van der Waals surface area contributed by atoms with E-state index >= 15 is 0 Å². The summed E-state index contributed by atoms with van der Waals surface area (Å²) in [5.41, 5.74) is 5.31. The van der Waals surface area contributed by atoms with Crippen LogP contribution < -0.4 is 10.9 Å². The monoisotopic (exact) mass is 299 g/mol. The number of hydrogen-bond acceptors (Lipinski definition) is 6. The normalized spacial score (nSPS) is 10.4. The summed E-state index contributed by atoms with van der Waals surface area (Å²) in [6.45, 7) is 1.29. The van der Waals surface area contributed by atoms with Crippen molar-refractivity contribution >= 4 is 28.7 Å². The van der Waals surface area contributed by atoms with Gasteiger partial charge in [0.25, 0.3) is 0 Å². The number of para-hydroxylation sites is 1. The lowest BCUT2D eigenvalue weighted by Crippen LogP contribution is -2.26. The Morgan fingerprint density at radius 1 is 1.09 bits per heavy atom. The van der Waals surface area contributed by atoms with E-state index in [1.807, 2.05) is 6.07 Å². The fourth-order valence-electron chi connectivity index (χ4n) is 1.67. The number of rotatable bonds is 5. The van der Waals surface area contributed by atoms with Crippen LogP contribution in [0.15, 0.2) is 58.8 Å². The molecule has 0 aliphatic heterocycles. The summed E-state index contributed by atoms with van der Waals surface area (Å²) < 4.78 is 0. The van der Waals surface area contributed by atoms with Crippen molar-refractivity contribution in [2.45, 2.75) is 6.92 Å². The van der Waals surface area contributed by atoms with Gasteiger partial charge in [-0.1, -0.05) is 24.3 Å². The van der Waals surface area contributed by atoms with Crippen molar-refractivity contribution in [3.05, 3.63) is 58.6 Å². The summed E-state index contributed by atoms with van der Waals surface area (Å²) >= 11 is 0. The van der Waals surface area contributed by atoms with Crippen molar-refractivity contribution in [3.8, 4) is 0 Å². The zero-order valence-electron chi connectivity index (χ0n) is 11.7. The Bertz CT molecular complexity index is 716. The van der Waals surface area contributed by atoms with E-state index in [0.717, 1.165) is 0 Å². The molecule has 0 spiro atoms. The number of anilines is 1. The van der Waals surface area contributed by atoms with Crippen LogP contribution in [0.5, 0.6) is 0 Å². The van der Waals surface area contributed by atoms with Crippen LogP contribution in [0.3, 0.4) is 0 Å². The van der Waals surface area contributed by atoms with E-state index in [-0.39, 0.29) is 23.0 Å². The van der Waals surface area contributed by atoms with Crippen molar-refractivity contribution in [1.29, 1.82) is 0 Å². The second-order valence-electron chi connectivity index (χ2n) is 4.27. The number of nitrogens with zero attached hydrogens (tertiary/aromatic N) is 3. The molecule has 0 unspecified atom stereocenters. The van der Waals surface area contributed by atoms with Crippen molar-refractivity contribution < 1.29 is 9.72 Å². The van der Waals surface area contributed by atoms with Crippen LogP contribution in [-0.2, 0) is 4.79 Å². The molecule has 112 valence electrons. The van der Waals surface area contributed by atoms with Gasteiger partial charge in [-0.2, -0.15) is 5.11 Å². The molecule has 2 aromatic carbocycles. The standard InChI is InChI=1S/C14H13N5O3/c1-10(20)15-17-12-8-5-9-13(14(12)19(21)22)18-16-11-6-3-2-4-7-11/h2-9,17H,1H3,(H,15,20). The molecule has 2 aromatic rings. The second kappa shape index (κ2) is 6.93. The number of amides is 1. The smallest absolute Gasteiger partial charge is 0.292 e. The Hall–Kier alpha value is -3.29. The maximum atomic E-state index is 11.2. The Morgan fingerprint density at radius 3 is 2.45 bits per heavy atom. The minimum absolute atomic E-state index is 0.0872. The van der Waals surface area contributed by atoms with Crippen LogP contribution in [0.2, 0.25) is 0 Å². The molecule has 0 radical (unpaired) electrons. The number of hydrogen-bond donors (Lipinski definition) is 2. The summed E-state index contributed by atoms with van der Waals surface area (Å²) in [6, 6.07) is 13.4. The number of nitro groups is 1. The van der Waals surface area contributed by atoms with Gasteiger partial charge < -0.3 is 0 Å². The Morgan fingerprint density at radius 2 is 1.82 bits per heavy atom. The molecule has 0 aliphatic carbocycles. The number of hydrazine groups is 1. The average molecular weight is 299 g/mol. The number of carbonyl (C=O) groups is 1. The first-order chi connectivity index (χ1) is 10.6. The fourth-order valence-corrected chi connectivity index (χ4v) is 1.67. The number of nitro benzene ring substituents is 1. The van der Waals surface area contributed by atoms with Gasteiger partial charge in [0.15, 0.2) is 5.69 Å². The Balaban J connectivity index is 2.34. The molecule has 0 saturated carbocycles. The summed E-state index contributed by atoms with van der Waals surface area (Å²) in [6.07, 6.45) is 0. The van der Waals surface area contributed by atoms with Gasteiger partial charge in [0, 0.05) is 6.92 Å². The van der Waals surface area contributed by atoms with Gasteiger partial charge >= 0.3 is 5.69 Å². The third kappa shape index (κ3) is 3.85. The molecular weight excluding hydrogens is 286 g/mol. The van der Waals surface area contributed by atoms with E-state index in [0.29, 0.717) is 5.69 Å². The first-order valence-corrected chi connectivity index (χ1v) is 6.34. The summed E-state index contributed by atoms with van der Waals surface area (Å²) in [7, 11) is 0. The molecule has 0 bridgehead atoms. The van der Waals surface area contributed by atoms with Crippen LogP contribution in [-0.4, -0.2) is 10.8 Å².